The Labute approximate surface area is 159 Å². The Kier molecular flexibility index (Phi) is 6.42. The summed E-state index contributed by atoms with van der Waals surface area (Å²) < 4.78 is 25.5. The predicted octanol–water partition coefficient (Wildman–Crippen LogP) is 2.42. The van der Waals surface area contributed by atoms with Gasteiger partial charge in [-0.15, -0.1) is 0 Å². The molecule has 8 heteroatoms. The molecule has 0 radical (unpaired) electrons. The van der Waals surface area contributed by atoms with Crippen LogP contribution in [0.1, 0.15) is 12.0 Å². The first-order chi connectivity index (χ1) is 12.7. The molecule has 0 saturated heterocycles. The topological polar surface area (TPSA) is 93.5 Å². The molecule has 142 valence electrons. The summed E-state index contributed by atoms with van der Waals surface area (Å²) in [5.74, 6) is -0.307. The molecular weight excluding hydrogens is 364 g/mol. The van der Waals surface area contributed by atoms with Crippen LogP contribution in [0.2, 0.25) is 0 Å². The number of rotatable bonds is 7. The maximum absolute atomic E-state index is 12.2. The molecule has 0 saturated carbocycles. The van der Waals surface area contributed by atoms with Gasteiger partial charge < -0.3 is 10.2 Å². The second-order valence-corrected chi connectivity index (χ2v) is 8.14. The molecule has 0 aromatic heterocycles. The molecule has 0 aliphatic rings. The number of nitrogens with zero attached hydrogens (tertiary/aromatic N) is 3. The van der Waals surface area contributed by atoms with Crippen LogP contribution in [0.25, 0.3) is 0 Å². The molecule has 7 nitrogen and oxygen atoms in total. The highest BCUT2D eigenvalue weighted by Gasteiger charge is 2.18. The normalized spacial score (nSPS) is 10.7. The van der Waals surface area contributed by atoms with Crippen molar-refractivity contribution in [2.75, 3.05) is 41.4 Å². The second kappa shape index (κ2) is 8.56. The van der Waals surface area contributed by atoms with Gasteiger partial charge in [0.2, 0.25) is 15.9 Å². The van der Waals surface area contributed by atoms with Gasteiger partial charge in [0.1, 0.15) is 0 Å². The Morgan fingerprint density at radius 1 is 1.04 bits per heavy atom. The summed E-state index contributed by atoms with van der Waals surface area (Å²) in [4.78, 5) is 14.1. The van der Waals surface area contributed by atoms with E-state index < -0.39 is 10.0 Å². The molecule has 0 atom stereocenters. The van der Waals surface area contributed by atoms with Gasteiger partial charge in [-0.05, 0) is 48.5 Å². The van der Waals surface area contributed by atoms with E-state index >= 15 is 0 Å². The number of nitrogens with one attached hydrogen (secondary N) is 1. The van der Waals surface area contributed by atoms with Crippen molar-refractivity contribution in [2.45, 2.75) is 6.42 Å². The Bertz CT molecular complexity index is 930. The molecule has 2 aromatic carbocycles. The van der Waals surface area contributed by atoms with Gasteiger partial charge in [0, 0.05) is 38.4 Å². The first-order valence-corrected chi connectivity index (χ1v) is 10.1. The van der Waals surface area contributed by atoms with E-state index in [9.17, 15) is 13.2 Å². The number of nitriles is 1. The first kappa shape index (κ1) is 20.3. The fraction of sp³-hybridized carbons (Fsp3) is 0.263. The van der Waals surface area contributed by atoms with E-state index in [-0.39, 0.29) is 18.9 Å². The van der Waals surface area contributed by atoms with E-state index in [4.69, 9.17) is 5.26 Å². The van der Waals surface area contributed by atoms with Crippen molar-refractivity contribution >= 4 is 33.0 Å². The van der Waals surface area contributed by atoms with Gasteiger partial charge in [-0.2, -0.15) is 5.26 Å². The number of carbonyl (C=O) groups is 1. The van der Waals surface area contributed by atoms with Gasteiger partial charge in [-0.3, -0.25) is 9.10 Å². The Morgan fingerprint density at radius 2 is 1.59 bits per heavy atom. The number of amides is 1. The molecule has 0 unspecified atom stereocenters. The maximum atomic E-state index is 12.2. The lowest BCUT2D eigenvalue weighted by atomic mass is 10.2. The van der Waals surface area contributed by atoms with Gasteiger partial charge >= 0.3 is 0 Å². The summed E-state index contributed by atoms with van der Waals surface area (Å²) in [6.07, 6.45) is 1.12. The molecule has 0 bridgehead atoms. The van der Waals surface area contributed by atoms with Crippen LogP contribution in [-0.2, 0) is 14.8 Å². The van der Waals surface area contributed by atoms with Crippen molar-refractivity contribution < 1.29 is 13.2 Å². The minimum Gasteiger partial charge on any atom is -0.378 e. The van der Waals surface area contributed by atoms with Crippen LogP contribution in [0, 0.1) is 11.3 Å². The van der Waals surface area contributed by atoms with Crippen LogP contribution in [-0.4, -0.2) is 41.2 Å². The number of carbonyl (C=O) groups excluding carboxylic acids is 1. The highest BCUT2D eigenvalue weighted by molar-refractivity contribution is 7.92. The van der Waals surface area contributed by atoms with Gasteiger partial charge in [0.05, 0.1) is 23.6 Å². The second-order valence-electron chi connectivity index (χ2n) is 6.23. The average molecular weight is 386 g/mol. The van der Waals surface area contributed by atoms with E-state index in [1.807, 2.05) is 37.2 Å². The predicted molar refractivity (Wildman–Crippen MR) is 107 cm³/mol. The molecule has 2 rings (SSSR count). The fourth-order valence-electron chi connectivity index (χ4n) is 2.46. The molecule has 1 N–H and O–H groups in total. The summed E-state index contributed by atoms with van der Waals surface area (Å²) in [6.45, 7) is 0.0300. The molecule has 2 aromatic rings. The summed E-state index contributed by atoms with van der Waals surface area (Å²) in [6, 6.07) is 15.5. The lowest BCUT2D eigenvalue weighted by Gasteiger charge is -2.23. The Morgan fingerprint density at radius 3 is 2.07 bits per heavy atom. The quantitative estimate of drug-likeness (QED) is 0.789. The van der Waals surface area contributed by atoms with Crippen LogP contribution in [0.5, 0.6) is 0 Å². The summed E-state index contributed by atoms with van der Waals surface area (Å²) in [5, 5.41) is 11.5. The van der Waals surface area contributed by atoms with E-state index in [0.29, 0.717) is 16.9 Å². The van der Waals surface area contributed by atoms with Crippen LogP contribution < -0.4 is 14.5 Å². The van der Waals surface area contributed by atoms with Crippen LogP contribution >= 0.6 is 0 Å². The third-order valence-electron chi connectivity index (χ3n) is 3.89. The number of hydrogen-bond donors (Lipinski definition) is 1. The van der Waals surface area contributed by atoms with Crippen molar-refractivity contribution in [1.29, 1.82) is 5.26 Å². The monoisotopic (exact) mass is 386 g/mol. The zero-order valence-electron chi connectivity index (χ0n) is 15.5. The largest absolute Gasteiger partial charge is 0.378 e. The van der Waals surface area contributed by atoms with E-state index in [0.717, 1.165) is 11.9 Å². The highest BCUT2D eigenvalue weighted by atomic mass is 32.2. The average Bonchev–Trinajstić information content (AvgIpc) is 2.61. The zero-order chi connectivity index (χ0) is 20.0. The number of anilines is 3. The molecule has 0 fully saturated rings. The molecule has 0 spiro atoms. The van der Waals surface area contributed by atoms with Crippen molar-refractivity contribution in [3.8, 4) is 6.07 Å². The molecule has 0 aliphatic heterocycles. The standard InChI is InChI=1S/C19H22N4O3S/c1-22(2)17-8-10-18(11-9-17)23(27(3,25)26)13-12-19(24)21-16-6-4-15(14-20)5-7-16/h4-11H,12-13H2,1-3H3,(H,21,24). The molecule has 0 aliphatic carbocycles. The fourth-order valence-corrected chi connectivity index (χ4v) is 3.39. The summed E-state index contributed by atoms with van der Waals surface area (Å²) in [7, 11) is 0.274. The maximum Gasteiger partial charge on any atom is 0.232 e. The smallest absolute Gasteiger partial charge is 0.232 e. The van der Waals surface area contributed by atoms with E-state index in [2.05, 4.69) is 5.32 Å². The SMILES string of the molecule is CN(C)c1ccc(N(CCC(=O)Nc2ccc(C#N)cc2)S(C)(=O)=O)cc1. The molecule has 0 heterocycles. The third kappa shape index (κ3) is 5.72. The lowest BCUT2D eigenvalue weighted by Crippen LogP contribution is -2.33. The van der Waals surface area contributed by atoms with Gasteiger partial charge in [-0.1, -0.05) is 0 Å². The molecule has 1 amide bonds. The number of sulfonamides is 1. The van der Waals surface area contributed by atoms with E-state index in [1.54, 1.807) is 36.4 Å². The van der Waals surface area contributed by atoms with Crippen molar-refractivity contribution in [3.63, 3.8) is 0 Å². The van der Waals surface area contributed by atoms with Gasteiger partial charge in [0.15, 0.2) is 0 Å². The van der Waals surface area contributed by atoms with Gasteiger partial charge in [0.25, 0.3) is 0 Å². The van der Waals surface area contributed by atoms with Crippen molar-refractivity contribution in [2.24, 2.45) is 0 Å². The molecule has 27 heavy (non-hydrogen) atoms. The number of hydrogen-bond acceptors (Lipinski definition) is 5. The van der Waals surface area contributed by atoms with Crippen molar-refractivity contribution in [3.05, 3.63) is 54.1 Å². The minimum absolute atomic E-state index is 0.00248. The van der Waals surface area contributed by atoms with Crippen LogP contribution in [0.15, 0.2) is 48.5 Å². The summed E-state index contributed by atoms with van der Waals surface area (Å²) in [5.41, 5.74) is 2.51. The van der Waals surface area contributed by atoms with Gasteiger partial charge in [-0.25, -0.2) is 8.42 Å². The zero-order valence-corrected chi connectivity index (χ0v) is 16.3. The summed E-state index contributed by atoms with van der Waals surface area (Å²) >= 11 is 0. The Hall–Kier alpha value is -3.05. The highest BCUT2D eigenvalue weighted by Crippen LogP contribution is 2.22. The minimum atomic E-state index is -3.52. The number of benzene rings is 2. The van der Waals surface area contributed by atoms with Crippen molar-refractivity contribution in [1.82, 2.24) is 0 Å². The lowest BCUT2D eigenvalue weighted by molar-refractivity contribution is -0.116. The third-order valence-corrected chi connectivity index (χ3v) is 5.09. The molecular formula is C19H22N4O3S. The van der Waals surface area contributed by atoms with Crippen LogP contribution in [0.3, 0.4) is 0 Å². The van der Waals surface area contributed by atoms with Crippen LogP contribution in [0.4, 0.5) is 17.1 Å². The first-order valence-electron chi connectivity index (χ1n) is 8.26. The van der Waals surface area contributed by atoms with E-state index in [1.165, 1.54) is 4.31 Å². The Balaban J connectivity index is 2.05.